The fourth-order valence-corrected chi connectivity index (χ4v) is 4.67. The van der Waals surface area contributed by atoms with Crippen molar-refractivity contribution in [2.75, 3.05) is 10.8 Å². The molecule has 2 N–H and O–H groups in total. The highest BCUT2D eigenvalue weighted by Crippen LogP contribution is 2.36. The second kappa shape index (κ2) is 5.62. The van der Waals surface area contributed by atoms with Crippen LogP contribution in [-0.4, -0.2) is 15.0 Å². The summed E-state index contributed by atoms with van der Waals surface area (Å²) in [5.74, 6) is -0.370. The van der Waals surface area contributed by atoms with Gasteiger partial charge in [-0.3, -0.25) is 4.31 Å². The van der Waals surface area contributed by atoms with Crippen LogP contribution in [0, 0.1) is 19.7 Å². The number of rotatable bonds is 2. The maximum Gasteiger partial charge on any atom is 0.264 e. The minimum atomic E-state index is -3.75. The Bertz CT molecular complexity index is 842. The Morgan fingerprint density at radius 2 is 1.78 bits per heavy atom. The van der Waals surface area contributed by atoms with Crippen molar-refractivity contribution in [2.45, 2.75) is 31.2 Å². The van der Waals surface area contributed by atoms with E-state index in [0.717, 1.165) is 5.56 Å². The van der Waals surface area contributed by atoms with E-state index in [4.69, 9.17) is 5.73 Å². The lowest BCUT2D eigenvalue weighted by Gasteiger charge is -2.33. The zero-order chi connectivity index (χ0) is 16.8. The molecule has 2 aromatic carbocycles. The number of benzene rings is 2. The van der Waals surface area contributed by atoms with Gasteiger partial charge in [0.2, 0.25) is 0 Å². The number of fused-ring (bicyclic) bond motifs is 1. The van der Waals surface area contributed by atoms with Crippen LogP contribution in [0.25, 0.3) is 0 Å². The van der Waals surface area contributed by atoms with E-state index in [-0.39, 0.29) is 16.8 Å². The third-order valence-corrected chi connectivity index (χ3v) is 6.04. The van der Waals surface area contributed by atoms with Crippen LogP contribution in [-0.2, 0) is 10.0 Å². The smallest absolute Gasteiger partial charge is 0.264 e. The highest BCUT2D eigenvalue weighted by molar-refractivity contribution is 7.92. The highest BCUT2D eigenvalue weighted by atomic mass is 32.2. The molecule has 0 bridgehead atoms. The van der Waals surface area contributed by atoms with Gasteiger partial charge in [0, 0.05) is 12.6 Å². The molecule has 1 atom stereocenters. The van der Waals surface area contributed by atoms with Gasteiger partial charge < -0.3 is 5.73 Å². The van der Waals surface area contributed by atoms with Crippen LogP contribution in [0.15, 0.2) is 41.3 Å². The van der Waals surface area contributed by atoms with Crippen molar-refractivity contribution in [1.29, 1.82) is 0 Å². The average molecular weight is 334 g/mol. The van der Waals surface area contributed by atoms with E-state index in [0.29, 0.717) is 29.8 Å². The molecular formula is C17H19FN2O2S. The quantitative estimate of drug-likeness (QED) is 0.918. The van der Waals surface area contributed by atoms with E-state index in [1.54, 1.807) is 26.0 Å². The fraction of sp³-hybridized carbons (Fsp3) is 0.294. The number of para-hydroxylation sites is 1. The molecule has 2 aromatic rings. The predicted molar refractivity (Wildman–Crippen MR) is 88.4 cm³/mol. The van der Waals surface area contributed by atoms with Crippen LogP contribution < -0.4 is 10.0 Å². The molecule has 0 saturated carbocycles. The number of anilines is 1. The summed E-state index contributed by atoms with van der Waals surface area (Å²) in [4.78, 5) is 0.110. The zero-order valence-electron chi connectivity index (χ0n) is 13.1. The fourth-order valence-electron chi connectivity index (χ4n) is 2.99. The SMILES string of the molecule is Cc1cc(S(=O)(=O)N2CCC(N)c3ccccc32)cc(C)c1F. The Morgan fingerprint density at radius 3 is 2.43 bits per heavy atom. The molecule has 4 nitrogen and oxygen atoms in total. The van der Waals surface area contributed by atoms with Gasteiger partial charge in [0.15, 0.2) is 0 Å². The second-order valence-corrected chi connectivity index (χ2v) is 7.76. The largest absolute Gasteiger partial charge is 0.324 e. The van der Waals surface area contributed by atoms with E-state index < -0.39 is 10.0 Å². The van der Waals surface area contributed by atoms with E-state index in [9.17, 15) is 12.8 Å². The van der Waals surface area contributed by atoms with Crippen LogP contribution in [0.3, 0.4) is 0 Å². The standard InChI is InChI=1S/C17H19FN2O2S/c1-11-9-13(10-12(2)17(11)18)23(21,22)20-8-7-15(19)14-5-3-4-6-16(14)20/h3-6,9-10,15H,7-8,19H2,1-2H3. The molecule has 0 fully saturated rings. The zero-order valence-corrected chi connectivity index (χ0v) is 13.9. The Kier molecular flexibility index (Phi) is 3.90. The molecule has 122 valence electrons. The summed E-state index contributed by atoms with van der Waals surface area (Å²) in [6.07, 6.45) is 0.551. The number of halogens is 1. The van der Waals surface area contributed by atoms with E-state index in [1.807, 2.05) is 12.1 Å². The van der Waals surface area contributed by atoms with Crippen molar-refractivity contribution in [3.8, 4) is 0 Å². The van der Waals surface area contributed by atoms with Gasteiger partial charge in [0.05, 0.1) is 10.6 Å². The Balaban J connectivity index is 2.13. The van der Waals surface area contributed by atoms with Gasteiger partial charge in [0.25, 0.3) is 10.0 Å². The van der Waals surface area contributed by atoms with Gasteiger partial charge in [-0.25, -0.2) is 12.8 Å². The molecule has 1 unspecified atom stereocenters. The van der Waals surface area contributed by atoms with Crippen LogP contribution in [0.4, 0.5) is 10.1 Å². The van der Waals surface area contributed by atoms with E-state index >= 15 is 0 Å². The number of aryl methyl sites for hydroxylation is 2. The highest BCUT2D eigenvalue weighted by Gasteiger charge is 2.32. The predicted octanol–water partition coefficient (Wildman–Crippen LogP) is 3.04. The van der Waals surface area contributed by atoms with Gasteiger partial charge in [-0.15, -0.1) is 0 Å². The van der Waals surface area contributed by atoms with Crippen molar-refractivity contribution in [3.05, 3.63) is 58.9 Å². The van der Waals surface area contributed by atoms with Crippen molar-refractivity contribution >= 4 is 15.7 Å². The molecule has 6 heteroatoms. The minimum Gasteiger partial charge on any atom is -0.324 e. The summed E-state index contributed by atoms with van der Waals surface area (Å²) < 4.78 is 41.2. The van der Waals surface area contributed by atoms with Gasteiger partial charge in [0.1, 0.15) is 5.82 Å². The molecule has 1 aliphatic heterocycles. The normalized spacial score (nSPS) is 17.9. The number of nitrogens with two attached hydrogens (primary N) is 1. The van der Waals surface area contributed by atoms with Crippen molar-refractivity contribution in [3.63, 3.8) is 0 Å². The van der Waals surface area contributed by atoms with Gasteiger partial charge >= 0.3 is 0 Å². The molecule has 0 aliphatic carbocycles. The summed E-state index contributed by atoms with van der Waals surface area (Å²) in [7, 11) is -3.75. The Morgan fingerprint density at radius 1 is 1.17 bits per heavy atom. The third kappa shape index (κ3) is 2.62. The summed E-state index contributed by atoms with van der Waals surface area (Å²) in [6, 6.07) is 9.85. The van der Waals surface area contributed by atoms with Gasteiger partial charge in [-0.2, -0.15) is 0 Å². The second-order valence-electron chi connectivity index (χ2n) is 5.90. The molecule has 0 aromatic heterocycles. The minimum absolute atomic E-state index is 0.110. The first-order valence-electron chi connectivity index (χ1n) is 7.46. The first-order valence-corrected chi connectivity index (χ1v) is 8.90. The summed E-state index contributed by atoms with van der Waals surface area (Å²) in [5, 5.41) is 0. The third-order valence-electron chi connectivity index (χ3n) is 4.25. The van der Waals surface area contributed by atoms with Crippen molar-refractivity contribution in [2.24, 2.45) is 5.73 Å². The molecule has 0 amide bonds. The topological polar surface area (TPSA) is 63.4 Å². The molecule has 3 rings (SSSR count). The van der Waals surface area contributed by atoms with Crippen molar-refractivity contribution in [1.82, 2.24) is 0 Å². The maximum absolute atomic E-state index is 13.8. The Hall–Kier alpha value is -1.92. The van der Waals surface area contributed by atoms with E-state index in [1.165, 1.54) is 16.4 Å². The van der Waals surface area contributed by atoms with Crippen LogP contribution in [0.1, 0.15) is 29.2 Å². The molecule has 23 heavy (non-hydrogen) atoms. The lowest BCUT2D eigenvalue weighted by molar-refractivity contribution is 0.572. The number of sulfonamides is 1. The number of hydrogen-bond donors (Lipinski definition) is 1. The lowest BCUT2D eigenvalue weighted by atomic mass is 9.99. The summed E-state index contributed by atoms with van der Waals surface area (Å²) in [6.45, 7) is 3.46. The van der Waals surface area contributed by atoms with Crippen LogP contribution in [0.5, 0.6) is 0 Å². The summed E-state index contributed by atoms with van der Waals surface area (Å²) >= 11 is 0. The number of hydrogen-bond acceptors (Lipinski definition) is 3. The summed E-state index contributed by atoms with van der Waals surface area (Å²) in [5.41, 5.74) is 8.16. The van der Waals surface area contributed by atoms with Gasteiger partial charge in [-0.1, -0.05) is 18.2 Å². The van der Waals surface area contributed by atoms with E-state index in [2.05, 4.69) is 0 Å². The number of nitrogens with zero attached hydrogens (tertiary/aromatic N) is 1. The molecule has 0 saturated heterocycles. The van der Waals surface area contributed by atoms with Gasteiger partial charge in [-0.05, 0) is 55.2 Å². The van der Waals surface area contributed by atoms with Crippen LogP contribution >= 0.6 is 0 Å². The molecule has 0 radical (unpaired) electrons. The molecular weight excluding hydrogens is 315 g/mol. The Labute approximate surface area is 135 Å². The molecule has 0 spiro atoms. The first-order chi connectivity index (χ1) is 10.8. The van der Waals surface area contributed by atoms with Crippen molar-refractivity contribution < 1.29 is 12.8 Å². The first kappa shape index (κ1) is 16.0. The molecule has 1 aliphatic rings. The average Bonchev–Trinajstić information content (AvgIpc) is 2.52. The maximum atomic E-state index is 13.8. The molecule has 1 heterocycles. The van der Waals surface area contributed by atoms with Crippen LogP contribution in [0.2, 0.25) is 0 Å². The lowest BCUT2D eigenvalue weighted by Crippen LogP contribution is -2.38. The monoisotopic (exact) mass is 334 g/mol.